The molecule has 0 saturated carbocycles. The molecule has 0 spiro atoms. The third-order valence-corrected chi connectivity index (χ3v) is 5.23. The minimum atomic E-state index is -0.0165. The number of hydrogen-bond donors (Lipinski definition) is 1. The van der Waals surface area contributed by atoms with E-state index in [4.69, 9.17) is 4.74 Å². The lowest BCUT2D eigenvalue weighted by Crippen LogP contribution is -2.36. The monoisotopic (exact) mass is 367 g/mol. The van der Waals surface area contributed by atoms with Crippen molar-refractivity contribution in [1.82, 2.24) is 9.80 Å². The van der Waals surface area contributed by atoms with Crippen molar-refractivity contribution in [2.45, 2.75) is 25.3 Å². The summed E-state index contributed by atoms with van der Waals surface area (Å²) in [5, 5.41) is 3.06. The summed E-state index contributed by atoms with van der Waals surface area (Å²) >= 11 is 0. The number of amides is 2. The molecule has 0 aromatic heterocycles. The van der Waals surface area contributed by atoms with Crippen LogP contribution in [-0.4, -0.2) is 56.2 Å². The Morgan fingerprint density at radius 3 is 2.56 bits per heavy atom. The van der Waals surface area contributed by atoms with Crippen LogP contribution >= 0.6 is 0 Å². The number of urea groups is 1. The molecule has 2 amide bonds. The van der Waals surface area contributed by atoms with Crippen LogP contribution in [0.3, 0.4) is 0 Å². The number of nitrogens with zero attached hydrogens (tertiary/aromatic N) is 2. The molecule has 1 atom stereocenters. The van der Waals surface area contributed by atoms with Gasteiger partial charge >= 0.3 is 6.03 Å². The van der Waals surface area contributed by atoms with Gasteiger partial charge in [0.05, 0.1) is 7.11 Å². The highest BCUT2D eigenvalue weighted by Gasteiger charge is 2.21. The molecule has 27 heavy (non-hydrogen) atoms. The number of likely N-dealkylation sites (tertiary alicyclic amines) is 1. The van der Waals surface area contributed by atoms with Crippen LogP contribution in [0, 0.1) is 0 Å². The number of hydrogen-bond acceptors (Lipinski definition) is 3. The van der Waals surface area contributed by atoms with Gasteiger partial charge in [0.25, 0.3) is 0 Å². The van der Waals surface area contributed by atoms with Crippen LogP contribution in [0.4, 0.5) is 10.5 Å². The van der Waals surface area contributed by atoms with E-state index in [-0.39, 0.29) is 6.03 Å². The lowest BCUT2D eigenvalue weighted by atomic mass is 10.0. The molecule has 0 radical (unpaired) electrons. The second-order valence-corrected chi connectivity index (χ2v) is 7.28. The van der Waals surface area contributed by atoms with E-state index in [1.54, 1.807) is 7.11 Å². The first-order valence-corrected chi connectivity index (χ1v) is 9.53. The van der Waals surface area contributed by atoms with Crippen molar-refractivity contribution in [3.8, 4) is 16.9 Å². The van der Waals surface area contributed by atoms with E-state index in [0.717, 1.165) is 54.9 Å². The van der Waals surface area contributed by atoms with Crippen LogP contribution < -0.4 is 10.1 Å². The Balaban J connectivity index is 1.68. The molecule has 0 aliphatic carbocycles. The largest absolute Gasteiger partial charge is 0.497 e. The zero-order valence-electron chi connectivity index (χ0n) is 16.4. The van der Waals surface area contributed by atoms with E-state index in [1.807, 2.05) is 53.4 Å². The summed E-state index contributed by atoms with van der Waals surface area (Å²) in [6, 6.07) is 16.4. The first kappa shape index (κ1) is 19.2. The van der Waals surface area contributed by atoms with Gasteiger partial charge in [0, 0.05) is 24.8 Å². The van der Waals surface area contributed by atoms with Gasteiger partial charge in [-0.25, -0.2) is 4.79 Å². The predicted octanol–water partition coefficient (Wildman–Crippen LogP) is 4.31. The number of methoxy groups -OCH3 is 1. The second-order valence-electron chi connectivity index (χ2n) is 7.28. The van der Waals surface area contributed by atoms with Gasteiger partial charge in [0.15, 0.2) is 0 Å². The lowest BCUT2D eigenvalue weighted by Gasteiger charge is -2.23. The van der Waals surface area contributed by atoms with E-state index in [0.29, 0.717) is 6.04 Å². The summed E-state index contributed by atoms with van der Waals surface area (Å²) in [6.45, 7) is 1.61. The molecule has 1 heterocycles. The number of anilines is 1. The van der Waals surface area contributed by atoms with Crippen molar-refractivity contribution < 1.29 is 9.53 Å². The average molecular weight is 367 g/mol. The molecule has 1 N–H and O–H groups in total. The fourth-order valence-corrected chi connectivity index (χ4v) is 3.58. The van der Waals surface area contributed by atoms with Gasteiger partial charge in [-0.05, 0) is 68.8 Å². The average Bonchev–Trinajstić information content (AvgIpc) is 2.95. The highest BCUT2D eigenvalue weighted by molar-refractivity contribution is 5.90. The Kier molecular flexibility index (Phi) is 6.35. The van der Waals surface area contributed by atoms with Crippen LogP contribution in [0.15, 0.2) is 48.5 Å². The lowest BCUT2D eigenvalue weighted by molar-refractivity contribution is 0.210. The van der Waals surface area contributed by atoms with Crippen LogP contribution in [0.2, 0.25) is 0 Å². The zero-order chi connectivity index (χ0) is 19.2. The van der Waals surface area contributed by atoms with E-state index in [9.17, 15) is 4.79 Å². The van der Waals surface area contributed by atoms with Gasteiger partial charge in [-0.15, -0.1) is 0 Å². The number of nitrogens with one attached hydrogen (secondary N) is 1. The molecule has 1 aliphatic rings. The van der Waals surface area contributed by atoms with Crippen LogP contribution in [0.1, 0.15) is 19.3 Å². The first-order chi connectivity index (χ1) is 13.1. The number of carbonyl (C=O) groups is 1. The molecule has 1 aliphatic heterocycles. The minimum Gasteiger partial charge on any atom is -0.497 e. The summed E-state index contributed by atoms with van der Waals surface area (Å²) in [5.74, 6) is 0.821. The normalized spacial score (nSPS) is 17.5. The number of benzene rings is 2. The van der Waals surface area contributed by atoms with Crippen molar-refractivity contribution in [3.05, 3.63) is 48.5 Å². The van der Waals surface area contributed by atoms with Gasteiger partial charge in [0.2, 0.25) is 0 Å². The van der Waals surface area contributed by atoms with Gasteiger partial charge in [0.1, 0.15) is 5.75 Å². The smallest absolute Gasteiger partial charge is 0.321 e. The Labute approximate surface area is 161 Å². The summed E-state index contributed by atoms with van der Waals surface area (Å²) < 4.78 is 5.31. The second kappa shape index (κ2) is 8.91. The maximum atomic E-state index is 12.7. The van der Waals surface area contributed by atoms with Crippen molar-refractivity contribution in [3.63, 3.8) is 0 Å². The Bertz CT molecular complexity index is 776. The van der Waals surface area contributed by atoms with Gasteiger partial charge < -0.3 is 19.9 Å². The first-order valence-electron chi connectivity index (χ1n) is 9.53. The minimum absolute atomic E-state index is 0.0165. The molecule has 2 aromatic rings. The third-order valence-electron chi connectivity index (χ3n) is 5.23. The Morgan fingerprint density at radius 2 is 1.81 bits per heavy atom. The molecule has 5 heteroatoms. The van der Waals surface area contributed by atoms with E-state index >= 15 is 0 Å². The summed E-state index contributed by atoms with van der Waals surface area (Å²) in [7, 11) is 5.90. The predicted molar refractivity (Wildman–Crippen MR) is 110 cm³/mol. The van der Waals surface area contributed by atoms with Crippen LogP contribution in [0.5, 0.6) is 5.75 Å². The number of carbonyl (C=O) groups excluding carboxylic acids is 1. The fourth-order valence-electron chi connectivity index (χ4n) is 3.58. The van der Waals surface area contributed by atoms with E-state index in [2.05, 4.69) is 24.3 Å². The number of ether oxygens (including phenoxy) is 1. The SMILES string of the molecule is COc1cccc(-c2cccc(NC(=O)N3CCC[C@H](N(C)C)CC3)c2)c1. The quantitative estimate of drug-likeness (QED) is 0.876. The van der Waals surface area contributed by atoms with Gasteiger partial charge in [-0.3, -0.25) is 0 Å². The number of rotatable bonds is 4. The van der Waals surface area contributed by atoms with Gasteiger partial charge in [-0.1, -0.05) is 24.3 Å². The van der Waals surface area contributed by atoms with Gasteiger partial charge in [-0.2, -0.15) is 0 Å². The molecule has 1 fully saturated rings. The standard InChI is InChI=1S/C22H29N3O2/c1-24(2)20-10-6-13-25(14-12-20)22(26)23-19-9-4-7-17(15-19)18-8-5-11-21(16-18)27-3/h4-5,7-9,11,15-16,20H,6,10,12-14H2,1-3H3,(H,23,26)/t20-/m0/s1. The van der Waals surface area contributed by atoms with Crippen molar-refractivity contribution in [2.24, 2.45) is 0 Å². The van der Waals surface area contributed by atoms with Crippen LogP contribution in [-0.2, 0) is 0 Å². The zero-order valence-corrected chi connectivity index (χ0v) is 16.4. The summed E-state index contributed by atoms with van der Waals surface area (Å²) in [5.41, 5.74) is 2.93. The maximum absolute atomic E-state index is 12.7. The maximum Gasteiger partial charge on any atom is 0.321 e. The molecule has 0 bridgehead atoms. The summed E-state index contributed by atoms with van der Waals surface area (Å²) in [4.78, 5) is 16.9. The van der Waals surface area contributed by atoms with Crippen molar-refractivity contribution >= 4 is 11.7 Å². The topological polar surface area (TPSA) is 44.8 Å². The molecule has 1 saturated heterocycles. The molecule has 5 nitrogen and oxygen atoms in total. The van der Waals surface area contributed by atoms with Crippen molar-refractivity contribution in [1.29, 1.82) is 0 Å². The van der Waals surface area contributed by atoms with Crippen LogP contribution in [0.25, 0.3) is 11.1 Å². The Morgan fingerprint density at radius 1 is 1.07 bits per heavy atom. The van der Waals surface area contributed by atoms with Crippen molar-refractivity contribution in [2.75, 3.05) is 39.6 Å². The molecule has 0 unspecified atom stereocenters. The fraction of sp³-hybridized carbons (Fsp3) is 0.409. The molecule has 144 valence electrons. The van der Waals surface area contributed by atoms with E-state index in [1.165, 1.54) is 0 Å². The Hall–Kier alpha value is -2.53. The molecular formula is C22H29N3O2. The molecule has 2 aromatic carbocycles. The molecular weight excluding hydrogens is 338 g/mol. The summed E-state index contributed by atoms with van der Waals surface area (Å²) in [6.07, 6.45) is 3.20. The van der Waals surface area contributed by atoms with E-state index < -0.39 is 0 Å². The highest BCUT2D eigenvalue weighted by atomic mass is 16.5. The molecule has 3 rings (SSSR count). The highest BCUT2D eigenvalue weighted by Crippen LogP contribution is 2.26. The third kappa shape index (κ3) is 5.01.